The minimum absolute atomic E-state index is 0.208. The van der Waals surface area contributed by atoms with Crippen LogP contribution >= 0.6 is 0 Å². The predicted molar refractivity (Wildman–Crippen MR) is 69.4 cm³/mol. The quantitative estimate of drug-likeness (QED) is 0.825. The minimum Gasteiger partial charge on any atom is -0.464 e. The van der Waals surface area contributed by atoms with Crippen LogP contribution in [0.4, 0.5) is 0 Å². The van der Waals surface area contributed by atoms with E-state index in [1.165, 1.54) is 11.2 Å². The van der Waals surface area contributed by atoms with E-state index in [9.17, 15) is 10.1 Å². The van der Waals surface area contributed by atoms with Crippen molar-refractivity contribution in [3.8, 4) is 17.4 Å². The van der Waals surface area contributed by atoms with Crippen molar-refractivity contribution >= 4 is 5.91 Å². The number of nitriles is 1. The summed E-state index contributed by atoms with van der Waals surface area (Å²) in [6.45, 7) is 1.71. The average molecular weight is 255 g/mol. The maximum Gasteiger partial charge on any atom is 0.271 e. The van der Waals surface area contributed by atoms with Crippen molar-refractivity contribution in [2.75, 3.05) is 14.1 Å². The molecular weight excluding hydrogens is 242 g/mol. The van der Waals surface area contributed by atoms with Crippen LogP contribution in [-0.4, -0.2) is 29.9 Å². The van der Waals surface area contributed by atoms with Crippen LogP contribution in [0.3, 0.4) is 0 Å². The molecule has 0 radical (unpaired) electrons. The molecule has 2 aromatic heterocycles. The third kappa shape index (κ3) is 2.33. The first-order chi connectivity index (χ1) is 9.04. The van der Waals surface area contributed by atoms with E-state index in [0.29, 0.717) is 28.3 Å². The molecule has 0 aromatic carbocycles. The average Bonchev–Trinajstić information content (AvgIpc) is 2.90. The minimum atomic E-state index is -0.208. The van der Waals surface area contributed by atoms with Crippen molar-refractivity contribution in [1.29, 1.82) is 5.26 Å². The van der Waals surface area contributed by atoms with Crippen LogP contribution < -0.4 is 0 Å². The van der Waals surface area contributed by atoms with Crippen LogP contribution in [0.25, 0.3) is 11.3 Å². The molecule has 0 unspecified atom stereocenters. The van der Waals surface area contributed by atoms with Crippen LogP contribution in [0.15, 0.2) is 28.9 Å². The Kier molecular flexibility index (Phi) is 3.34. The van der Waals surface area contributed by atoms with E-state index >= 15 is 0 Å². The Morgan fingerprint density at radius 2 is 2.21 bits per heavy atom. The number of furan rings is 1. The van der Waals surface area contributed by atoms with Gasteiger partial charge in [-0.1, -0.05) is 0 Å². The lowest BCUT2D eigenvalue weighted by Gasteiger charge is -2.12. The first-order valence-electron chi connectivity index (χ1n) is 5.72. The molecule has 5 heteroatoms. The van der Waals surface area contributed by atoms with Gasteiger partial charge in [-0.15, -0.1) is 0 Å². The van der Waals surface area contributed by atoms with Gasteiger partial charge in [0.25, 0.3) is 5.91 Å². The summed E-state index contributed by atoms with van der Waals surface area (Å²) in [6, 6.07) is 7.18. The lowest BCUT2D eigenvalue weighted by atomic mass is 10.0. The molecule has 5 nitrogen and oxygen atoms in total. The maximum absolute atomic E-state index is 12.0. The van der Waals surface area contributed by atoms with Gasteiger partial charge in [0, 0.05) is 19.7 Å². The van der Waals surface area contributed by atoms with Crippen LogP contribution in [0.5, 0.6) is 0 Å². The van der Waals surface area contributed by atoms with Gasteiger partial charge in [-0.3, -0.25) is 4.79 Å². The van der Waals surface area contributed by atoms with Crippen molar-refractivity contribution in [3.63, 3.8) is 0 Å². The van der Waals surface area contributed by atoms with Gasteiger partial charge in [0.05, 0.1) is 17.5 Å². The van der Waals surface area contributed by atoms with Gasteiger partial charge < -0.3 is 9.32 Å². The van der Waals surface area contributed by atoms with Gasteiger partial charge >= 0.3 is 0 Å². The number of hydrogen-bond donors (Lipinski definition) is 0. The van der Waals surface area contributed by atoms with Crippen LogP contribution in [0.2, 0.25) is 0 Å². The summed E-state index contributed by atoms with van der Waals surface area (Å²) in [5.41, 5.74) is 1.82. The van der Waals surface area contributed by atoms with Gasteiger partial charge in [-0.2, -0.15) is 5.26 Å². The molecule has 2 heterocycles. The topological polar surface area (TPSA) is 70.1 Å². The monoisotopic (exact) mass is 255 g/mol. The van der Waals surface area contributed by atoms with Crippen molar-refractivity contribution in [3.05, 3.63) is 41.4 Å². The smallest absolute Gasteiger partial charge is 0.271 e. The molecule has 0 saturated carbocycles. The summed E-state index contributed by atoms with van der Waals surface area (Å²) in [6.07, 6.45) is 1.53. The van der Waals surface area contributed by atoms with Crippen molar-refractivity contribution < 1.29 is 9.21 Å². The number of rotatable bonds is 2. The van der Waals surface area contributed by atoms with E-state index < -0.39 is 0 Å². The molecule has 0 N–H and O–H groups in total. The Bertz CT molecular complexity index is 652. The fraction of sp³-hybridized carbons (Fsp3) is 0.214. The Balaban J connectivity index is 2.65. The molecule has 0 aliphatic carbocycles. The summed E-state index contributed by atoms with van der Waals surface area (Å²) in [5.74, 6) is 0.343. The molecule has 2 aromatic rings. The maximum atomic E-state index is 12.0. The number of aryl methyl sites for hydroxylation is 1. The molecule has 0 atom stereocenters. The predicted octanol–water partition coefficient (Wildman–Crippen LogP) is 2.22. The number of hydrogen-bond acceptors (Lipinski definition) is 4. The highest BCUT2D eigenvalue weighted by molar-refractivity contribution is 5.93. The third-order valence-electron chi connectivity index (χ3n) is 2.72. The van der Waals surface area contributed by atoms with Crippen LogP contribution in [0.1, 0.15) is 21.7 Å². The normalized spacial score (nSPS) is 10.0. The number of pyridine rings is 1. The first-order valence-corrected chi connectivity index (χ1v) is 5.72. The Morgan fingerprint density at radius 1 is 1.47 bits per heavy atom. The van der Waals surface area contributed by atoms with Gasteiger partial charge in [0.2, 0.25) is 0 Å². The van der Waals surface area contributed by atoms with Gasteiger partial charge in [-0.25, -0.2) is 4.98 Å². The molecule has 1 amide bonds. The van der Waals surface area contributed by atoms with E-state index in [1.54, 1.807) is 39.2 Å². The molecule has 0 saturated heterocycles. The standard InChI is InChI=1S/C14H13N3O2/c1-9-11(8-15)10(13-5-4-6-19-13)7-12(16-9)14(18)17(2)3/h4-7H,1-3H3. The Morgan fingerprint density at radius 3 is 2.74 bits per heavy atom. The van der Waals surface area contributed by atoms with E-state index in [4.69, 9.17) is 4.42 Å². The molecule has 19 heavy (non-hydrogen) atoms. The highest BCUT2D eigenvalue weighted by Crippen LogP contribution is 2.26. The summed E-state index contributed by atoms with van der Waals surface area (Å²) in [4.78, 5) is 17.6. The summed E-state index contributed by atoms with van der Waals surface area (Å²) in [5, 5.41) is 9.21. The molecule has 0 fully saturated rings. The second-order valence-corrected chi connectivity index (χ2v) is 4.30. The Hall–Kier alpha value is -2.61. The van der Waals surface area contributed by atoms with Gasteiger partial charge in [0.1, 0.15) is 17.5 Å². The number of amides is 1. The molecule has 96 valence electrons. The summed E-state index contributed by atoms with van der Waals surface area (Å²) < 4.78 is 5.31. The van der Waals surface area contributed by atoms with Crippen LogP contribution in [-0.2, 0) is 0 Å². The second-order valence-electron chi connectivity index (χ2n) is 4.30. The molecule has 0 aliphatic rings. The number of carbonyl (C=O) groups is 1. The molecule has 2 rings (SSSR count). The van der Waals surface area contributed by atoms with Crippen molar-refractivity contribution in [2.24, 2.45) is 0 Å². The highest BCUT2D eigenvalue weighted by Gasteiger charge is 2.18. The molecule has 0 aliphatic heterocycles. The molecule has 0 spiro atoms. The zero-order valence-corrected chi connectivity index (χ0v) is 11.0. The van der Waals surface area contributed by atoms with Crippen LogP contribution in [0, 0.1) is 18.3 Å². The van der Waals surface area contributed by atoms with E-state index in [1.807, 2.05) is 0 Å². The molecular formula is C14H13N3O2. The third-order valence-corrected chi connectivity index (χ3v) is 2.72. The van der Waals surface area contributed by atoms with Gasteiger partial charge in [0.15, 0.2) is 0 Å². The van der Waals surface area contributed by atoms with E-state index in [2.05, 4.69) is 11.1 Å². The summed E-state index contributed by atoms with van der Waals surface area (Å²) in [7, 11) is 3.31. The zero-order valence-electron chi connectivity index (χ0n) is 11.0. The summed E-state index contributed by atoms with van der Waals surface area (Å²) >= 11 is 0. The zero-order chi connectivity index (χ0) is 14.0. The molecule has 0 bridgehead atoms. The van der Waals surface area contributed by atoms with E-state index in [0.717, 1.165) is 0 Å². The highest BCUT2D eigenvalue weighted by atomic mass is 16.3. The largest absolute Gasteiger partial charge is 0.464 e. The number of aromatic nitrogens is 1. The fourth-order valence-electron chi connectivity index (χ4n) is 1.78. The number of carbonyl (C=O) groups excluding carboxylic acids is 1. The van der Waals surface area contributed by atoms with Gasteiger partial charge in [-0.05, 0) is 25.1 Å². The lowest BCUT2D eigenvalue weighted by molar-refractivity contribution is 0.0822. The van der Waals surface area contributed by atoms with Crippen molar-refractivity contribution in [1.82, 2.24) is 9.88 Å². The van der Waals surface area contributed by atoms with Crippen molar-refractivity contribution in [2.45, 2.75) is 6.92 Å². The Labute approximate surface area is 111 Å². The second kappa shape index (κ2) is 4.94. The SMILES string of the molecule is Cc1nc(C(=O)N(C)C)cc(-c2ccco2)c1C#N. The van der Waals surface area contributed by atoms with E-state index in [-0.39, 0.29) is 5.91 Å². The first kappa shape index (κ1) is 12.8. The lowest BCUT2D eigenvalue weighted by Crippen LogP contribution is -2.23. The fourth-order valence-corrected chi connectivity index (χ4v) is 1.78. The number of nitrogens with zero attached hydrogens (tertiary/aromatic N) is 3.